The molecule has 2 fully saturated rings. The summed E-state index contributed by atoms with van der Waals surface area (Å²) in [5.74, 6) is 1.44. The SMILES string of the molecule is CC1CCC(CN2C(=O)C(C)NC(=O)C2C)CC1. The van der Waals surface area contributed by atoms with Gasteiger partial charge in [-0.05, 0) is 38.5 Å². The number of nitrogens with zero attached hydrogens (tertiary/aromatic N) is 1. The average Bonchev–Trinajstić information content (AvgIpc) is 2.34. The van der Waals surface area contributed by atoms with E-state index in [4.69, 9.17) is 0 Å². The molecule has 1 N–H and O–H groups in total. The van der Waals surface area contributed by atoms with Crippen LogP contribution >= 0.6 is 0 Å². The van der Waals surface area contributed by atoms with E-state index in [0.717, 1.165) is 12.5 Å². The lowest BCUT2D eigenvalue weighted by Gasteiger charge is -2.39. The van der Waals surface area contributed by atoms with Crippen molar-refractivity contribution in [2.45, 2.75) is 58.5 Å². The Morgan fingerprint density at radius 1 is 1.11 bits per heavy atom. The molecule has 2 aliphatic rings. The first kappa shape index (κ1) is 13.4. The van der Waals surface area contributed by atoms with Gasteiger partial charge in [-0.2, -0.15) is 0 Å². The summed E-state index contributed by atoms with van der Waals surface area (Å²) in [6.45, 7) is 6.64. The maximum Gasteiger partial charge on any atom is 0.245 e. The van der Waals surface area contributed by atoms with Gasteiger partial charge in [0.2, 0.25) is 11.8 Å². The molecule has 18 heavy (non-hydrogen) atoms. The zero-order valence-electron chi connectivity index (χ0n) is 11.6. The lowest BCUT2D eigenvalue weighted by Crippen LogP contribution is -2.62. The van der Waals surface area contributed by atoms with Crippen molar-refractivity contribution in [1.29, 1.82) is 0 Å². The van der Waals surface area contributed by atoms with Gasteiger partial charge in [0, 0.05) is 6.54 Å². The Bertz CT molecular complexity index is 335. The van der Waals surface area contributed by atoms with Crippen LogP contribution in [0.2, 0.25) is 0 Å². The van der Waals surface area contributed by atoms with Gasteiger partial charge < -0.3 is 10.2 Å². The molecule has 2 amide bonds. The number of hydrogen-bond donors (Lipinski definition) is 1. The minimum Gasteiger partial charge on any atom is -0.343 e. The summed E-state index contributed by atoms with van der Waals surface area (Å²) in [7, 11) is 0. The van der Waals surface area contributed by atoms with Crippen molar-refractivity contribution >= 4 is 11.8 Å². The fourth-order valence-corrected chi connectivity index (χ4v) is 3.01. The lowest BCUT2D eigenvalue weighted by atomic mass is 9.82. The zero-order chi connectivity index (χ0) is 13.3. The predicted molar refractivity (Wildman–Crippen MR) is 69.9 cm³/mol. The molecule has 4 heteroatoms. The van der Waals surface area contributed by atoms with Gasteiger partial charge in [-0.1, -0.05) is 19.8 Å². The molecule has 102 valence electrons. The van der Waals surface area contributed by atoms with E-state index in [1.165, 1.54) is 25.7 Å². The highest BCUT2D eigenvalue weighted by atomic mass is 16.2. The number of carbonyl (C=O) groups is 2. The molecule has 1 saturated heterocycles. The molecule has 0 aromatic carbocycles. The van der Waals surface area contributed by atoms with Gasteiger partial charge >= 0.3 is 0 Å². The van der Waals surface area contributed by atoms with Crippen LogP contribution in [0, 0.1) is 11.8 Å². The van der Waals surface area contributed by atoms with Gasteiger partial charge in [0.15, 0.2) is 0 Å². The Morgan fingerprint density at radius 2 is 1.72 bits per heavy atom. The second kappa shape index (κ2) is 5.29. The van der Waals surface area contributed by atoms with Crippen LogP contribution in [0.1, 0.15) is 46.5 Å². The zero-order valence-corrected chi connectivity index (χ0v) is 11.6. The summed E-state index contributed by atoms with van der Waals surface area (Å²) in [6.07, 6.45) is 4.88. The Balaban J connectivity index is 1.97. The van der Waals surface area contributed by atoms with Crippen molar-refractivity contribution in [1.82, 2.24) is 10.2 Å². The first-order valence-corrected chi connectivity index (χ1v) is 7.10. The Hall–Kier alpha value is -1.06. The largest absolute Gasteiger partial charge is 0.343 e. The molecule has 2 atom stereocenters. The topological polar surface area (TPSA) is 49.4 Å². The monoisotopic (exact) mass is 252 g/mol. The molecule has 4 nitrogen and oxygen atoms in total. The Morgan fingerprint density at radius 3 is 2.33 bits per heavy atom. The molecular formula is C14H24N2O2. The maximum atomic E-state index is 12.1. The Kier molecular flexibility index (Phi) is 3.93. The van der Waals surface area contributed by atoms with Crippen molar-refractivity contribution in [2.24, 2.45) is 11.8 Å². The van der Waals surface area contributed by atoms with E-state index >= 15 is 0 Å². The van der Waals surface area contributed by atoms with E-state index in [1.54, 1.807) is 11.8 Å². The van der Waals surface area contributed by atoms with E-state index in [9.17, 15) is 9.59 Å². The quantitative estimate of drug-likeness (QED) is 0.810. The van der Waals surface area contributed by atoms with E-state index in [0.29, 0.717) is 5.92 Å². The first-order valence-electron chi connectivity index (χ1n) is 7.10. The van der Waals surface area contributed by atoms with Gasteiger partial charge in [0.05, 0.1) is 0 Å². The second-order valence-corrected chi connectivity index (χ2v) is 6.02. The minimum atomic E-state index is -0.365. The van der Waals surface area contributed by atoms with Crippen LogP contribution < -0.4 is 5.32 Å². The Labute approximate surface area is 109 Å². The van der Waals surface area contributed by atoms with Crippen LogP contribution in [0.25, 0.3) is 0 Å². The predicted octanol–water partition coefficient (Wildman–Crippen LogP) is 1.55. The molecule has 0 bridgehead atoms. The highest BCUT2D eigenvalue weighted by Gasteiger charge is 2.37. The number of hydrogen-bond acceptors (Lipinski definition) is 2. The number of rotatable bonds is 2. The van der Waals surface area contributed by atoms with Crippen LogP contribution in [0.15, 0.2) is 0 Å². The third-order valence-electron chi connectivity index (χ3n) is 4.45. The molecule has 0 radical (unpaired) electrons. The van der Waals surface area contributed by atoms with Gasteiger partial charge in [0.1, 0.15) is 12.1 Å². The van der Waals surface area contributed by atoms with Crippen LogP contribution in [-0.2, 0) is 9.59 Å². The molecule has 0 spiro atoms. The van der Waals surface area contributed by atoms with Crippen LogP contribution in [0.5, 0.6) is 0 Å². The van der Waals surface area contributed by atoms with Gasteiger partial charge in [0.25, 0.3) is 0 Å². The lowest BCUT2D eigenvalue weighted by molar-refractivity contribution is -0.149. The number of carbonyl (C=O) groups excluding carboxylic acids is 2. The van der Waals surface area contributed by atoms with Crippen LogP contribution in [-0.4, -0.2) is 35.3 Å². The standard InChI is InChI=1S/C14H24N2O2/c1-9-4-6-12(7-5-9)8-16-11(3)13(17)15-10(2)14(16)18/h9-12H,4-8H2,1-3H3,(H,15,17). The first-order chi connectivity index (χ1) is 8.49. The minimum absolute atomic E-state index is 0.0220. The van der Waals surface area contributed by atoms with Gasteiger partial charge in [-0.15, -0.1) is 0 Å². The summed E-state index contributed by atoms with van der Waals surface area (Å²) in [6, 6.07) is -0.677. The molecule has 0 aromatic heterocycles. The smallest absolute Gasteiger partial charge is 0.245 e. The number of piperazine rings is 1. The molecule has 1 aliphatic heterocycles. The number of amides is 2. The normalized spacial score (nSPS) is 37.6. The fraction of sp³-hybridized carbons (Fsp3) is 0.857. The average molecular weight is 252 g/mol. The highest BCUT2D eigenvalue weighted by molar-refractivity contribution is 5.96. The van der Waals surface area contributed by atoms with Crippen LogP contribution in [0.4, 0.5) is 0 Å². The molecular weight excluding hydrogens is 228 g/mol. The summed E-state index contributed by atoms with van der Waals surface area (Å²) in [5.41, 5.74) is 0. The van der Waals surface area contributed by atoms with E-state index < -0.39 is 0 Å². The van der Waals surface area contributed by atoms with Crippen molar-refractivity contribution < 1.29 is 9.59 Å². The van der Waals surface area contributed by atoms with E-state index in [2.05, 4.69) is 12.2 Å². The maximum absolute atomic E-state index is 12.1. The van der Waals surface area contributed by atoms with Gasteiger partial charge in [-0.25, -0.2) is 0 Å². The second-order valence-electron chi connectivity index (χ2n) is 6.02. The van der Waals surface area contributed by atoms with E-state index in [1.807, 2.05) is 6.92 Å². The summed E-state index contributed by atoms with van der Waals surface area (Å²) < 4.78 is 0. The highest BCUT2D eigenvalue weighted by Crippen LogP contribution is 2.29. The van der Waals surface area contributed by atoms with E-state index in [-0.39, 0.29) is 23.9 Å². The summed E-state index contributed by atoms with van der Waals surface area (Å²) in [4.78, 5) is 25.7. The van der Waals surface area contributed by atoms with Crippen molar-refractivity contribution in [3.63, 3.8) is 0 Å². The van der Waals surface area contributed by atoms with Crippen molar-refractivity contribution in [3.05, 3.63) is 0 Å². The fourth-order valence-electron chi connectivity index (χ4n) is 3.01. The summed E-state index contributed by atoms with van der Waals surface area (Å²) >= 11 is 0. The molecule has 2 rings (SSSR count). The van der Waals surface area contributed by atoms with Crippen LogP contribution in [0.3, 0.4) is 0 Å². The third-order valence-corrected chi connectivity index (χ3v) is 4.45. The third kappa shape index (κ3) is 2.68. The molecule has 1 heterocycles. The molecule has 2 unspecified atom stereocenters. The van der Waals surface area contributed by atoms with Crippen molar-refractivity contribution in [3.8, 4) is 0 Å². The van der Waals surface area contributed by atoms with Crippen molar-refractivity contribution in [2.75, 3.05) is 6.54 Å². The number of nitrogens with one attached hydrogen (secondary N) is 1. The summed E-state index contributed by atoms with van der Waals surface area (Å²) in [5, 5.41) is 2.72. The molecule has 1 saturated carbocycles. The van der Waals surface area contributed by atoms with Gasteiger partial charge in [-0.3, -0.25) is 9.59 Å². The molecule has 1 aliphatic carbocycles. The molecule has 0 aromatic rings.